The zero-order valence-corrected chi connectivity index (χ0v) is 34.5. The Balaban J connectivity index is 1.21. The molecule has 3 aliphatic rings. The largest absolute Gasteiger partial charge is 0.344 e. The van der Waals surface area contributed by atoms with Gasteiger partial charge in [-0.1, -0.05) is 86.7 Å². The zero-order valence-electron chi connectivity index (χ0n) is 32.8. The van der Waals surface area contributed by atoms with Gasteiger partial charge in [0.05, 0.1) is 16.9 Å². The highest BCUT2D eigenvalue weighted by Gasteiger charge is 2.45. The number of nitrogens with zero attached hydrogens (tertiary/aromatic N) is 2. The van der Waals surface area contributed by atoms with E-state index in [4.69, 9.17) is 0 Å². The van der Waals surface area contributed by atoms with Crippen molar-refractivity contribution in [1.82, 2.24) is 0 Å². The van der Waals surface area contributed by atoms with Crippen molar-refractivity contribution in [2.24, 2.45) is 0 Å². The van der Waals surface area contributed by atoms with E-state index in [0.29, 0.717) is 38.8 Å². The van der Waals surface area contributed by atoms with Crippen molar-refractivity contribution in [3.63, 3.8) is 0 Å². The van der Waals surface area contributed by atoms with Gasteiger partial charge in [-0.2, -0.15) is 21.4 Å². The highest BCUT2D eigenvalue weighted by molar-refractivity contribution is 7.86. The van der Waals surface area contributed by atoms with Gasteiger partial charge in [0.1, 0.15) is 6.54 Å². The molecular formula is C46H53N2O6S2+. The second-order valence-corrected chi connectivity index (χ2v) is 19.6. The molecule has 10 heteroatoms. The second kappa shape index (κ2) is 15.5. The van der Waals surface area contributed by atoms with Gasteiger partial charge in [0.2, 0.25) is 5.69 Å². The topological polar surface area (TPSA) is 115 Å². The molecule has 0 atom stereocenters. The summed E-state index contributed by atoms with van der Waals surface area (Å²) in [5, 5.41) is 4.81. The van der Waals surface area contributed by atoms with Gasteiger partial charge in [-0.3, -0.25) is 9.11 Å². The first kappa shape index (κ1) is 39.9. The van der Waals surface area contributed by atoms with Crippen LogP contribution >= 0.6 is 0 Å². The molecule has 0 saturated heterocycles. The van der Waals surface area contributed by atoms with Crippen LogP contribution < -0.4 is 4.90 Å². The summed E-state index contributed by atoms with van der Waals surface area (Å²) in [7, 11) is -8.03. The molecule has 7 rings (SSSR count). The van der Waals surface area contributed by atoms with Gasteiger partial charge in [0.15, 0.2) is 5.71 Å². The molecule has 4 aromatic carbocycles. The Hall–Kier alpha value is -4.35. The van der Waals surface area contributed by atoms with Gasteiger partial charge in [0.25, 0.3) is 20.2 Å². The van der Waals surface area contributed by atoms with Crippen LogP contribution in [0.15, 0.2) is 120 Å². The lowest BCUT2D eigenvalue weighted by atomic mass is 9.79. The number of unbranched alkanes of at least 4 members (excludes halogenated alkanes) is 2. The SMILES string of the molecule is CC1(C)C(/C=C/C2=CC(=C/C=C3/N(CCCCS(=O)(=O)O)c4ccc5ccccc5c4C3(C)C)/CCC2)=[N+](CCCCS(=O)(=O)O)c2ccc3ccccc3c21. The summed E-state index contributed by atoms with van der Waals surface area (Å²) in [4.78, 5) is 2.33. The summed E-state index contributed by atoms with van der Waals surface area (Å²) in [5.74, 6) is -0.492. The summed E-state index contributed by atoms with van der Waals surface area (Å²) in [5.41, 5.74) is 9.04. The number of allylic oxidation sites excluding steroid dienone is 8. The molecule has 56 heavy (non-hydrogen) atoms. The van der Waals surface area contributed by atoms with Crippen molar-refractivity contribution in [2.75, 3.05) is 29.5 Å². The van der Waals surface area contributed by atoms with Crippen LogP contribution in [0, 0.1) is 0 Å². The van der Waals surface area contributed by atoms with Gasteiger partial charge in [-0.15, -0.1) is 0 Å². The van der Waals surface area contributed by atoms with Crippen LogP contribution in [0.1, 0.15) is 83.8 Å². The summed E-state index contributed by atoms with van der Waals surface area (Å²) in [6, 6.07) is 25.6. The lowest BCUT2D eigenvalue weighted by molar-refractivity contribution is -0.438. The predicted octanol–water partition coefficient (Wildman–Crippen LogP) is 9.98. The predicted molar refractivity (Wildman–Crippen MR) is 230 cm³/mol. The number of fused-ring (bicyclic) bond motifs is 6. The van der Waals surface area contributed by atoms with Gasteiger partial charge >= 0.3 is 0 Å². The van der Waals surface area contributed by atoms with Crippen molar-refractivity contribution in [3.8, 4) is 0 Å². The Bertz CT molecular complexity index is 2580. The molecule has 8 nitrogen and oxygen atoms in total. The minimum absolute atomic E-state index is 0.246. The first-order chi connectivity index (χ1) is 26.5. The maximum atomic E-state index is 11.5. The van der Waals surface area contributed by atoms with E-state index in [-0.39, 0.29) is 22.3 Å². The summed E-state index contributed by atoms with van der Waals surface area (Å²) >= 11 is 0. The maximum Gasteiger partial charge on any atom is 0.264 e. The second-order valence-electron chi connectivity index (χ2n) is 16.5. The van der Waals surface area contributed by atoms with Crippen molar-refractivity contribution in [3.05, 3.63) is 131 Å². The quantitative estimate of drug-likeness (QED) is 0.0787. The fourth-order valence-electron chi connectivity index (χ4n) is 9.18. The van der Waals surface area contributed by atoms with Gasteiger partial charge in [0, 0.05) is 47.5 Å². The molecule has 294 valence electrons. The van der Waals surface area contributed by atoms with Crippen LogP contribution in [0.2, 0.25) is 0 Å². The normalized spacial score (nSPS) is 19.5. The molecule has 1 aliphatic carbocycles. The van der Waals surface area contributed by atoms with E-state index in [2.05, 4.69) is 140 Å². The van der Waals surface area contributed by atoms with Crippen LogP contribution in [0.3, 0.4) is 0 Å². The zero-order chi connectivity index (χ0) is 39.9. The molecular weight excluding hydrogens is 741 g/mol. The van der Waals surface area contributed by atoms with Crippen LogP contribution in [0.25, 0.3) is 21.5 Å². The van der Waals surface area contributed by atoms with Gasteiger partial charge in [-0.05, 0) is 109 Å². The van der Waals surface area contributed by atoms with Crippen LogP contribution in [0.5, 0.6) is 0 Å². The lowest BCUT2D eigenvalue weighted by Crippen LogP contribution is -2.28. The number of anilines is 1. The molecule has 0 fully saturated rings. The molecule has 0 radical (unpaired) electrons. The van der Waals surface area contributed by atoms with Crippen molar-refractivity contribution in [2.45, 2.75) is 83.5 Å². The third-order valence-corrected chi connectivity index (χ3v) is 13.4. The summed E-state index contributed by atoms with van der Waals surface area (Å²) < 4.78 is 67.0. The van der Waals surface area contributed by atoms with E-state index in [0.717, 1.165) is 42.0 Å². The van der Waals surface area contributed by atoms with E-state index >= 15 is 0 Å². The first-order valence-corrected chi connectivity index (χ1v) is 22.9. The van der Waals surface area contributed by atoms with Crippen LogP contribution in [-0.4, -0.2) is 60.8 Å². The molecule has 0 unspecified atom stereocenters. The fraction of sp³-hybridized carbons (Fsp3) is 0.370. The van der Waals surface area contributed by atoms with Gasteiger partial charge < -0.3 is 4.90 Å². The summed E-state index contributed by atoms with van der Waals surface area (Å²) in [6.07, 6.45) is 16.3. The number of benzene rings is 4. The molecule has 0 aromatic heterocycles. The minimum atomic E-state index is -4.02. The Morgan fingerprint density at radius 3 is 2.00 bits per heavy atom. The Kier molecular flexibility index (Phi) is 11.1. The highest BCUT2D eigenvalue weighted by atomic mass is 32.2. The van der Waals surface area contributed by atoms with Crippen molar-refractivity contribution < 1.29 is 30.5 Å². The average molecular weight is 794 g/mol. The molecule has 2 aliphatic heterocycles. The van der Waals surface area contributed by atoms with Crippen LogP contribution in [-0.2, 0) is 31.1 Å². The fourth-order valence-corrected chi connectivity index (χ4v) is 10.3. The Labute approximate surface area is 332 Å². The minimum Gasteiger partial charge on any atom is -0.344 e. The van der Waals surface area contributed by atoms with E-state index in [1.807, 2.05) is 0 Å². The Morgan fingerprint density at radius 1 is 0.696 bits per heavy atom. The smallest absolute Gasteiger partial charge is 0.264 e. The molecule has 2 heterocycles. The Morgan fingerprint density at radius 2 is 1.32 bits per heavy atom. The van der Waals surface area contributed by atoms with E-state index in [9.17, 15) is 25.9 Å². The number of hydrogen-bond acceptors (Lipinski definition) is 5. The van der Waals surface area contributed by atoms with Crippen molar-refractivity contribution >= 4 is 58.9 Å². The summed E-state index contributed by atoms with van der Waals surface area (Å²) in [6.45, 7) is 10.3. The number of hydrogen-bond donors (Lipinski definition) is 2. The standard InChI is InChI=1S/C46H52N2O6S2/c1-45(2)41(47(28-9-11-30-55(49,50)51)39-24-22-35-16-5-7-18-37(35)43(39)45)26-20-33-14-13-15-34(32-33)21-27-42-46(3,4)44-38-19-8-6-17-36(38)23-25-40(44)48(42)29-10-12-31-56(52,53)54/h5-8,16-27,32H,9-15,28-31H2,1-4H3,(H-,49,50,51,52,53,54)/p+1. The van der Waals surface area contributed by atoms with Crippen LogP contribution in [0.4, 0.5) is 11.4 Å². The molecule has 0 spiro atoms. The molecule has 2 N–H and O–H groups in total. The van der Waals surface area contributed by atoms with Gasteiger partial charge in [-0.25, -0.2) is 0 Å². The van der Waals surface area contributed by atoms with Crippen molar-refractivity contribution in [1.29, 1.82) is 0 Å². The third kappa shape index (κ3) is 8.21. The third-order valence-electron chi connectivity index (χ3n) is 11.8. The van der Waals surface area contributed by atoms with E-state index in [1.54, 1.807) is 0 Å². The molecule has 4 aromatic rings. The lowest BCUT2D eigenvalue weighted by Gasteiger charge is -2.27. The van der Waals surface area contributed by atoms with E-state index in [1.165, 1.54) is 43.8 Å². The number of rotatable bonds is 13. The average Bonchev–Trinajstić information content (AvgIpc) is 3.50. The molecule has 0 amide bonds. The highest BCUT2D eigenvalue weighted by Crippen LogP contribution is 2.51. The first-order valence-electron chi connectivity index (χ1n) is 19.7. The maximum absolute atomic E-state index is 11.5. The molecule has 0 bridgehead atoms. The monoisotopic (exact) mass is 793 g/mol. The molecule has 0 saturated carbocycles. The van der Waals surface area contributed by atoms with E-state index < -0.39 is 20.2 Å².